The van der Waals surface area contributed by atoms with Gasteiger partial charge in [-0.15, -0.1) is 0 Å². The van der Waals surface area contributed by atoms with E-state index in [0.717, 1.165) is 6.07 Å². The number of hydrogen-bond donors (Lipinski definition) is 2. The molecule has 0 atom stereocenters. The fourth-order valence-electron chi connectivity index (χ4n) is 2.90. The van der Waals surface area contributed by atoms with Crippen molar-refractivity contribution in [3.8, 4) is 22.4 Å². The monoisotopic (exact) mass is 428 g/mol. The van der Waals surface area contributed by atoms with E-state index in [0.29, 0.717) is 0 Å². The van der Waals surface area contributed by atoms with Gasteiger partial charge in [0.1, 0.15) is 17.2 Å². The number of H-pyrrole nitrogens is 1. The highest BCUT2D eigenvalue weighted by molar-refractivity contribution is 7.91. The first-order valence-electron chi connectivity index (χ1n) is 8.40. The molecule has 0 saturated carbocycles. The lowest BCUT2D eigenvalue weighted by Crippen LogP contribution is -2.09. The second kappa shape index (κ2) is 7.60. The minimum Gasteiger partial charge on any atom is -0.395 e. The SMILES string of the molecule is Cc1cc(-c2c(-c3ccc(S(=O)(=O)CCO)cc3)n[nH]c2C(F)(F)F)ccc1F. The van der Waals surface area contributed by atoms with Crippen LogP contribution in [0.2, 0.25) is 0 Å². The molecule has 0 fully saturated rings. The van der Waals surface area contributed by atoms with Gasteiger partial charge in [0.15, 0.2) is 9.84 Å². The van der Waals surface area contributed by atoms with E-state index in [4.69, 9.17) is 5.11 Å². The van der Waals surface area contributed by atoms with Gasteiger partial charge in [0.2, 0.25) is 0 Å². The number of halogens is 4. The Morgan fingerprint density at radius 2 is 1.69 bits per heavy atom. The minimum absolute atomic E-state index is 0.0468. The Morgan fingerprint density at radius 3 is 2.24 bits per heavy atom. The molecule has 0 spiro atoms. The second-order valence-corrected chi connectivity index (χ2v) is 8.46. The van der Waals surface area contributed by atoms with Crippen molar-refractivity contribution in [2.45, 2.75) is 18.0 Å². The average molecular weight is 428 g/mol. The molecule has 29 heavy (non-hydrogen) atoms. The fraction of sp³-hybridized carbons (Fsp3) is 0.211. The third-order valence-electron chi connectivity index (χ3n) is 4.34. The van der Waals surface area contributed by atoms with Gasteiger partial charge in [-0.1, -0.05) is 18.2 Å². The third kappa shape index (κ3) is 4.18. The number of rotatable bonds is 5. The predicted molar refractivity (Wildman–Crippen MR) is 98.3 cm³/mol. The maximum absolute atomic E-state index is 13.6. The van der Waals surface area contributed by atoms with Crippen molar-refractivity contribution in [3.05, 3.63) is 59.5 Å². The number of aromatic nitrogens is 2. The number of nitrogens with zero attached hydrogens (tertiary/aromatic N) is 1. The zero-order valence-corrected chi connectivity index (χ0v) is 15.9. The van der Waals surface area contributed by atoms with Gasteiger partial charge in [-0.05, 0) is 42.3 Å². The zero-order chi connectivity index (χ0) is 21.4. The molecule has 10 heteroatoms. The molecule has 0 aliphatic heterocycles. The van der Waals surface area contributed by atoms with Crippen molar-refractivity contribution in [1.82, 2.24) is 10.2 Å². The van der Waals surface area contributed by atoms with Crippen LogP contribution in [0.1, 0.15) is 11.3 Å². The number of alkyl halides is 3. The minimum atomic E-state index is -4.73. The molecule has 0 amide bonds. The van der Waals surface area contributed by atoms with Gasteiger partial charge in [-0.3, -0.25) is 5.10 Å². The number of sulfone groups is 1. The van der Waals surface area contributed by atoms with Crippen LogP contribution in [0.25, 0.3) is 22.4 Å². The largest absolute Gasteiger partial charge is 0.433 e. The Balaban J connectivity index is 2.15. The molecule has 3 aromatic rings. The Bertz CT molecular complexity index is 1140. The number of aryl methyl sites for hydroxylation is 1. The molecule has 5 nitrogen and oxygen atoms in total. The molecule has 154 valence electrons. The van der Waals surface area contributed by atoms with Crippen LogP contribution in [0.3, 0.4) is 0 Å². The molecule has 2 aromatic carbocycles. The van der Waals surface area contributed by atoms with Crippen LogP contribution < -0.4 is 0 Å². The second-order valence-electron chi connectivity index (χ2n) is 6.35. The lowest BCUT2D eigenvalue weighted by atomic mass is 9.97. The molecule has 0 aliphatic carbocycles. The number of aliphatic hydroxyl groups excluding tert-OH is 1. The van der Waals surface area contributed by atoms with E-state index < -0.39 is 39.9 Å². The molecule has 0 saturated heterocycles. The summed E-state index contributed by atoms with van der Waals surface area (Å²) in [5, 5.41) is 14.6. The first-order chi connectivity index (χ1) is 13.5. The van der Waals surface area contributed by atoms with Crippen molar-refractivity contribution in [3.63, 3.8) is 0 Å². The van der Waals surface area contributed by atoms with E-state index in [1.165, 1.54) is 43.3 Å². The molecule has 0 aliphatic rings. The molecular formula is C19H16F4N2O3S. The van der Waals surface area contributed by atoms with Crippen LogP contribution >= 0.6 is 0 Å². The third-order valence-corrected chi connectivity index (χ3v) is 6.05. The Kier molecular flexibility index (Phi) is 5.50. The highest BCUT2D eigenvalue weighted by Crippen LogP contribution is 2.41. The molecule has 0 radical (unpaired) electrons. The van der Waals surface area contributed by atoms with Crippen LogP contribution in [0.15, 0.2) is 47.4 Å². The number of aromatic amines is 1. The van der Waals surface area contributed by atoms with Gasteiger partial charge in [-0.2, -0.15) is 18.3 Å². The summed E-state index contributed by atoms with van der Waals surface area (Å²) < 4.78 is 78.1. The van der Waals surface area contributed by atoms with Gasteiger partial charge >= 0.3 is 6.18 Å². The van der Waals surface area contributed by atoms with Crippen molar-refractivity contribution in [2.75, 3.05) is 12.4 Å². The van der Waals surface area contributed by atoms with E-state index >= 15 is 0 Å². The highest BCUT2D eigenvalue weighted by Gasteiger charge is 2.38. The van der Waals surface area contributed by atoms with Crippen LogP contribution in [-0.4, -0.2) is 36.1 Å². The number of hydrogen-bond acceptors (Lipinski definition) is 4. The van der Waals surface area contributed by atoms with Crippen LogP contribution in [-0.2, 0) is 16.0 Å². The lowest BCUT2D eigenvalue weighted by molar-refractivity contribution is -0.140. The highest BCUT2D eigenvalue weighted by atomic mass is 32.2. The van der Waals surface area contributed by atoms with Crippen molar-refractivity contribution in [1.29, 1.82) is 0 Å². The van der Waals surface area contributed by atoms with Crippen molar-refractivity contribution >= 4 is 9.84 Å². The van der Waals surface area contributed by atoms with E-state index in [1.807, 2.05) is 5.10 Å². The summed E-state index contributed by atoms with van der Waals surface area (Å²) in [6.45, 7) is 0.888. The number of aliphatic hydroxyl groups is 1. The van der Waals surface area contributed by atoms with Crippen molar-refractivity contribution < 1.29 is 31.1 Å². The maximum Gasteiger partial charge on any atom is 0.433 e. The summed E-state index contributed by atoms with van der Waals surface area (Å²) in [5.41, 5.74) is -0.849. The maximum atomic E-state index is 13.6. The first kappa shape index (κ1) is 21.0. The smallest absolute Gasteiger partial charge is 0.395 e. The van der Waals surface area contributed by atoms with E-state index in [-0.39, 0.29) is 32.8 Å². The summed E-state index contributed by atoms with van der Waals surface area (Å²) in [7, 11) is -3.70. The molecule has 0 unspecified atom stereocenters. The number of benzene rings is 2. The summed E-state index contributed by atoms with van der Waals surface area (Å²) in [4.78, 5) is -0.0685. The first-order valence-corrected chi connectivity index (χ1v) is 10.1. The summed E-state index contributed by atoms with van der Waals surface area (Å²) in [6, 6.07) is 8.74. The lowest BCUT2D eigenvalue weighted by Gasteiger charge is -2.11. The van der Waals surface area contributed by atoms with E-state index in [1.54, 1.807) is 0 Å². The van der Waals surface area contributed by atoms with Gasteiger partial charge in [0, 0.05) is 11.1 Å². The Morgan fingerprint density at radius 1 is 1.07 bits per heavy atom. The van der Waals surface area contributed by atoms with Gasteiger partial charge in [0.05, 0.1) is 17.3 Å². The average Bonchev–Trinajstić information content (AvgIpc) is 3.09. The summed E-state index contributed by atoms with van der Waals surface area (Å²) >= 11 is 0. The van der Waals surface area contributed by atoms with Crippen LogP contribution in [0, 0.1) is 12.7 Å². The quantitative estimate of drug-likeness (QED) is 0.603. The van der Waals surface area contributed by atoms with E-state index in [2.05, 4.69) is 5.10 Å². The normalized spacial score (nSPS) is 12.3. The van der Waals surface area contributed by atoms with Gasteiger partial charge < -0.3 is 5.11 Å². The van der Waals surface area contributed by atoms with Gasteiger partial charge in [-0.25, -0.2) is 12.8 Å². The van der Waals surface area contributed by atoms with Crippen LogP contribution in [0.5, 0.6) is 0 Å². The molecular weight excluding hydrogens is 412 g/mol. The molecule has 1 aromatic heterocycles. The fourth-order valence-corrected chi connectivity index (χ4v) is 3.92. The van der Waals surface area contributed by atoms with Crippen LogP contribution in [0.4, 0.5) is 17.6 Å². The number of nitrogens with one attached hydrogen (secondary N) is 1. The Hall–Kier alpha value is -2.72. The van der Waals surface area contributed by atoms with Crippen molar-refractivity contribution in [2.24, 2.45) is 0 Å². The standard InChI is InChI=1S/C19H16F4N2O3S/c1-11-10-13(4-7-15(11)20)16-17(24-25-18(16)19(21,22)23)12-2-5-14(6-3-12)29(27,28)9-8-26/h2-7,10,26H,8-9H2,1H3,(H,24,25). The predicted octanol–water partition coefficient (Wildman–Crippen LogP) is 3.98. The molecule has 2 N–H and O–H groups in total. The zero-order valence-electron chi connectivity index (χ0n) is 15.1. The van der Waals surface area contributed by atoms with E-state index in [9.17, 15) is 26.0 Å². The molecule has 3 rings (SSSR count). The molecule has 0 bridgehead atoms. The summed E-state index contributed by atoms with van der Waals surface area (Å²) in [5.74, 6) is -1.02. The summed E-state index contributed by atoms with van der Waals surface area (Å²) in [6.07, 6.45) is -4.73. The topological polar surface area (TPSA) is 83.1 Å². The molecule has 1 heterocycles. The van der Waals surface area contributed by atoms with Gasteiger partial charge in [0.25, 0.3) is 0 Å². The Labute approximate surface area is 163 Å².